The van der Waals surface area contributed by atoms with Crippen LogP contribution in [0.15, 0.2) is 52.2 Å². The molecule has 1 aromatic carbocycles. The molecule has 0 spiro atoms. The van der Waals surface area contributed by atoms with Crippen LogP contribution < -0.4 is 15.4 Å². The third-order valence-electron chi connectivity index (χ3n) is 5.96. The number of nitrogens with one attached hydrogen (secondary N) is 1. The van der Waals surface area contributed by atoms with Crippen molar-refractivity contribution in [2.75, 3.05) is 26.7 Å². The lowest BCUT2D eigenvalue weighted by molar-refractivity contribution is -0.898. The van der Waals surface area contributed by atoms with Crippen molar-refractivity contribution in [2.24, 2.45) is 16.8 Å². The van der Waals surface area contributed by atoms with Gasteiger partial charge in [-0.05, 0) is 42.0 Å². The quantitative estimate of drug-likeness (QED) is 0.732. The van der Waals surface area contributed by atoms with Crippen molar-refractivity contribution < 1.29 is 23.6 Å². The molecule has 8 nitrogen and oxygen atoms in total. The molecule has 0 aliphatic carbocycles. The van der Waals surface area contributed by atoms with Crippen molar-refractivity contribution in [3.8, 4) is 5.75 Å². The van der Waals surface area contributed by atoms with Gasteiger partial charge in [-0.2, -0.15) is 5.10 Å². The van der Waals surface area contributed by atoms with E-state index in [1.54, 1.807) is 18.4 Å². The number of hydrogen-bond acceptors (Lipinski definition) is 5. The van der Waals surface area contributed by atoms with Crippen LogP contribution in [0.25, 0.3) is 0 Å². The number of nitrogens with two attached hydrogens (primary N) is 1. The molecule has 158 valence electrons. The Hall–Kier alpha value is -3.13. The molecule has 1 fully saturated rings. The van der Waals surface area contributed by atoms with Gasteiger partial charge in [0.25, 0.3) is 5.91 Å². The third-order valence-corrected chi connectivity index (χ3v) is 5.96. The number of furan rings is 1. The summed E-state index contributed by atoms with van der Waals surface area (Å²) in [7, 11) is 1.63. The molecule has 3 heterocycles. The third kappa shape index (κ3) is 4.23. The first-order chi connectivity index (χ1) is 14.5. The van der Waals surface area contributed by atoms with Gasteiger partial charge in [-0.25, -0.2) is 5.01 Å². The number of likely N-dealkylation sites (tertiary alicyclic amines) is 1. The van der Waals surface area contributed by atoms with Gasteiger partial charge in [-0.15, -0.1) is 0 Å². The van der Waals surface area contributed by atoms with E-state index in [1.165, 1.54) is 0 Å². The Kier molecular flexibility index (Phi) is 5.85. The SMILES string of the molecule is COc1ccc(C2=NN(C(=O)C[NH+]3CCC(C(N)=O)CC3)[C@@H](c3ccco3)C2)cc1. The lowest BCUT2D eigenvalue weighted by atomic mass is 9.96. The Balaban J connectivity index is 1.49. The van der Waals surface area contributed by atoms with Gasteiger partial charge >= 0.3 is 0 Å². The van der Waals surface area contributed by atoms with Gasteiger partial charge in [0.15, 0.2) is 6.54 Å². The molecule has 1 aromatic heterocycles. The Labute approximate surface area is 175 Å². The van der Waals surface area contributed by atoms with Gasteiger partial charge in [-0.3, -0.25) is 9.59 Å². The summed E-state index contributed by atoms with van der Waals surface area (Å²) in [5.74, 6) is 1.12. The van der Waals surface area contributed by atoms with Crippen molar-refractivity contribution in [1.29, 1.82) is 0 Å². The Morgan fingerprint density at radius 3 is 2.57 bits per heavy atom. The summed E-state index contributed by atoms with van der Waals surface area (Å²) >= 11 is 0. The lowest BCUT2D eigenvalue weighted by Crippen LogP contribution is -3.14. The number of ether oxygens (including phenoxy) is 1. The highest BCUT2D eigenvalue weighted by atomic mass is 16.5. The largest absolute Gasteiger partial charge is 0.497 e. The maximum Gasteiger partial charge on any atom is 0.298 e. The van der Waals surface area contributed by atoms with Gasteiger partial charge in [0, 0.05) is 25.2 Å². The number of amides is 2. The summed E-state index contributed by atoms with van der Waals surface area (Å²) in [6.07, 6.45) is 3.65. The number of methoxy groups -OCH3 is 1. The second kappa shape index (κ2) is 8.71. The molecule has 0 unspecified atom stereocenters. The molecule has 1 saturated heterocycles. The topological polar surface area (TPSA) is 103 Å². The summed E-state index contributed by atoms with van der Waals surface area (Å²) < 4.78 is 10.8. The minimum absolute atomic E-state index is 0.0487. The van der Waals surface area contributed by atoms with E-state index in [-0.39, 0.29) is 23.8 Å². The zero-order chi connectivity index (χ0) is 21.1. The highest BCUT2D eigenvalue weighted by Gasteiger charge is 2.37. The maximum atomic E-state index is 13.2. The second-order valence-corrected chi connectivity index (χ2v) is 7.85. The van der Waals surface area contributed by atoms with Gasteiger partial charge in [-0.1, -0.05) is 0 Å². The number of quaternary nitrogens is 1. The Bertz CT molecular complexity index is 915. The molecule has 3 N–H and O–H groups in total. The highest BCUT2D eigenvalue weighted by molar-refractivity contribution is 6.03. The molecule has 4 rings (SSSR count). The van der Waals surface area contributed by atoms with Gasteiger partial charge in [0.2, 0.25) is 5.91 Å². The fourth-order valence-corrected chi connectivity index (χ4v) is 4.18. The Morgan fingerprint density at radius 2 is 1.97 bits per heavy atom. The normalized spacial score (nSPS) is 23.8. The standard InChI is InChI=1S/C22H26N4O4/c1-29-17-6-4-15(5-7-17)18-13-19(20-3-2-12-30-20)26(24-18)21(27)14-25-10-8-16(9-11-25)22(23)28/h2-7,12,16,19H,8-11,13-14H2,1H3,(H2,23,28)/p+1/t19-/m1/s1. The molecule has 2 aliphatic rings. The molecule has 2 aromatic rings. The summed E-state index contributed by atoms with van der Waals surface area (Å²) in [5.41, 5.74) is 7.21. The molecular weight excluding hydrogens is 384 g/mol. The van der Waals surface area contributed by atoms with E-state index in [4.69, 9.17) is 14.9 Å². The summed E-state index contributed by atoms with van der Waals surface area (Å²) in [6, 6.07) is 11.1. The molecule has 2 aliphatic heterocycles. The number of hydrogen-bond donors (Lipinski definition) is 2. The minimum atomic E-state index is -0.257. The van der Waals surface area contributed by atoms with Crippen LogP contribution in [0.5, 0.6) is 5.75 Å². The average molecular weight is 411 g/mol. The number of primary amides is 1. The van der Waals surface area contributed by atoms with Crippen LogP contribution in [0.2, 0.25) is 0 Å². The molecule has 2 amide bonds. The number of rotatable bonds is 6. The number of carbonyl (C=O) groups excluding carboxylic acids is 2. The molecule has 0 saturated carbocycles. The summed E-state index contributed by atoms with van der Waals surface area (Å²) in [6.45, 7) is 1.85. The van der Waals surface area contributed by atoms with Crippen molar-refractivity contribution in [1.82, 2.24) is 5.01 Å². The Morgan fingerprint density at radius 1 is 1.23 bits per heavy atom. The number of benzene rings is 1. The number of carbonyl (C=O) groups is 2. The van der Waals surface area contributed by atoms with Crippen LogP contribution in [0.4, 0.5) is 0 Å². The van der Waals surface area contributed by atoms with Gasteiger partial charge < -0.3 is 19.8 Å². The first-order valence-corrected chi connectivity index (χ1v) is 10.3. The smallest absolute Gasteiger partial charge is 0.298 e. The van der Waals surface area contributed by atoms with E-state index in [2.05, 4.69) is 5.10 Å². The van der Waals surface area contributed by atoms with Gasteiger partial charge in [0.05, 0.1) is 32.2 Å². The number of nitrogens with zero attached hydrogens (tertiary/aromatic N) is 2. The highest BCUT2D eigenvalue weighted by Crippen LogP contribution is 2.33. The van der Waals surface area contributed by atoms with E-state index in [0.29, 0.717) is 13.0 Å². The molecule has 8 heteroatoms. The zero-order valence-corrected chi connectivity index (χ0v) is 17.0. The van der Waals surface area contributed by atoms with Crippen molar-refractivity contribution in [3.63, 3.8) is 0 Å². The zero-order valence-electron chi connectivity index (χ0n) is 17.0. The van der Waals surface area contributed by atoms with E-state index in [0.717, 1.165) is 53.6 Å². The fourth-order valence-electron chi connectivity index (χ4n) is 4.18. The maximum absolute atomic E-state index is 13.2. The van der Waals surface area contributed by atoms with Crippen molar-refractivity contribution >= 4 is 17.5 Å². The van der Waals surface area contributed by atoms with Crippen LogP contribution in [0.1, 0.15) is 36.6 Å². The average Bonchev–Trinajstić information content (AvgIpc) is 3.44. The first-order valence-electron chi connectivity index (χ1n) is 10.3. The van der Waals surface area contributed by atoms with Gasteiger partial charge in [0.1, 0.15) is 17.6 Å². The van der Waals surface area contributed by atoms with Crippen LogP contribution in [0, 0.1) is 5.92 Å². The van der Waals surface area contributed by atoms with E-state index >= 15 is 0 Å². The van der Waals surface area contributed by atoms with E-state index in [1.807, 2.05) is 36.4 Å². The number of hydrazone groups is 1. The predicted molar refractivity (Wildman–Crippen MR) is 110 cm³/mol. The van der Waals surface area contributed by atoms with Crippen LogP contribution >= 0.6 is 0 Å². The summed E-state index contributed by atoms with van der Waals surface area (Å²) in [4.78, 5) is 25.7. The van der Waals surface area contributed by atoms with Crippen molar-refractivity contribution in [2.45, 2.75) is 25.3 Å². The lowest BCUT2D eigenvalue weighted by Gasteiger charge is -2.28. The van der Waals surface area contributed by atoms with Crippen LogP contribution in [0.3, 0.4) is 0 Å². The van der Waals surface area contributed by atoms with E-state index in [9.17, 15) is 9.59 Å². The monoisotopic (exact) mass is 411 g/mol. The van der Waals surface area contributed by atoms with Crippen molar-refractivity contribution in [3.05, 3.63) is 54.0 Å². The minimum Gasteiger partial charge on any atom is -0.497 e. The fraction of sp³-hybridized carbons (Fsp3) is 0.409. The first kappa shape index (κ1) is 20.2. The molecular formula is C22H27N4O4+. The number of piperidine rings is 1. The second-order valence-electron chi connectivity index (χ2n) is 7.85. The molecule has 0 bridgehead atoms. The predicted octanol–water partition coefficient (Wildman–Crippen LogP) is 0.746. The molecule has 30 heavy (non-hydrogen) atoms. The molecule has 0 radical (unpaired) electrons. The van der Waals surface area contributed by atoms with Crippen LogP contribution in [-0.4, -0.2) is 49.3 Å². The molecule has 1 atom stereocenters. The van der Waals surface area contributed by atoms with Crippen LogP contribution in [-0.2, 0) is 9.59 Å². The summed E-state index contributed by atoms with van der Waals surface area (Å²) in [5, 5.41) is 6.23. The van der Waals surface area contributed by atoms with E-state index < -0.39 is 0 Å².